The zero-order valence-corrected chi connectivity index (χ0v) is 18.8. The number of amides is 2. The molecular formula is C26H26N2O5. The highest BCUT2D eigenvalue weighted by Gasteiger charge is 2.17. The Kier molecular flexibility index (Phi) is 7.94. The van der Waals surface area contributed by atoms with E-state index in [0.29, 0.717) is 18.7 Å². The van der Waals surface area contributed by atoms with Crippen LogP contribution in [0.2, 0.25) is 0 Å². The van der Waals surface area contributed by atoms with Gasteiger partial charge in [-0.25, -0.2) is 4.79 Å². The van der Waals surface area contributed by atoms with Crippen molar-refractivity contribution in [2.75, 3.05) is 32.7 Å². The molecular weight excluding hydrogens is 420 g/mol. The Morgan fingerprint density at radius 3 is 2.36 bits per heavy atom. The summed E-state index contributed by atoms with van der Waals surface area (Å²) >= 11 is 0. The van der Waals surface area contributed by atoms with E-state index in [0.717, 1.165) is 21.9 Å². The van der Waals surface area contributed by atoms with E-state index in [2.05, 4.69) is 10.6 Å². The van der Waals surface area contributed by atoms with E-state index in [-0.39, 0.29) is 17.2 Å². The Hall–Kier alpha value is -3.97. The highest BCUT2D eigenvalue weighted by atomic mass is 16.5. The summed E-state index contributed by atoms with van der Waals surface area (Å²) in [6, 6.07) is 18.3. The van der Waals surface area contributed by atoms with Crippen molar-refractivity contribution < 1.29 is 23.9 Å². The average Bonchev–Trinajstić information content (AvgIpc) is 2.83. The number of ether oxygens (including phenoxy) is 2. The van der Waals surface area contributed by atoms with Gasteiger partial charge in [-0.3, -0.25) is 9.59 Å². The number of benzene rings is 3. The van der Waals surface area contributed by atoms with Gasteiger partial charge in [-0.05, 0) is 53.1 Å². The van der Waals surface area contributed by atoms with Gasteiger partial charge in [0.15, 0.2) is 0 Å². The molecule has 0 aliphatic heterocycles. The zero-order chi connectivity index (χ0) is 23.8. The van der Waals surface area contributed by atoms with Crippen LogP contribution in [0.15, 0.2) is 66.7 Å². The lowest BCUT2D eigenvalue weighted by atomic mass is 10.0. The third-order valence-corrected chi connectivity index (χ3v) is 5.09. The topological polar surface area (TPSA) is 93.7 Å². The molecule has 0 radical (unpaired) electrons. The Morgan fingerprint density at radius 1 is 0.909 bits per heavy atom. The molecule has 33 heavy (non-hydrogen) atoms. The first-order chi connectivity index (χ1) is 15.9. The molecule has 2 amide bonds. The fraction of sp³-hybridized carbons (Fsp3) is 0.192. The summed E-state index contributed by atoms with van der Waals surface area (Å²) in [6.07, 6.45) is 1.45. The van der Waals surface area contributed by atoms with Gasteiger partial charge in [0, 0.05) is 25.3 Å². The number of allylic oxidation sites excluding steroid dienone is 1. The number of hydrogen-bond donors (Lipinski definition) is 2. The summed E-state index contributed by atoms with van der Waals surface area (Å²) in [5, 5.41) is 7.60. The highest BCUT2D eigenvalue weighted by Crippen LogP contribution is 2.22. The quantitative estimate of drug-likeness (QED) is 0.309. The largest absolute Gasteiger partial charge is 0.465 e. The van der Waals surface area contributed by atoms with E-state index >= 15 is 0 Å². The van der Waals surface area contributed by atoms with Gasteiger partial charge in [0.1, 0.15) is 0 Å². The maximum atomic E-state index is 12.8. The SMILES string of the molecule is COCCNC(=O)c1ccc(C(=O)OC)c(NC(=O)/C=C(/C)c2ccc3ccccc3c2)c1. The van der Waals surface area contributed by atoms with E-state index in [1.807, 2.05) is 49.4 Å². The molecule has 3 rings (SSSR count). The first-order valence-electron chi connectivity index (χ1n) is 10.4. The minimum Gasteiger partial charge on any atom is -0.465 e. The number of anilines is 1. The van der Waals surface area contributed by atoms with Crippen molar-refractivity contribution in [2.45, 2.75) is 6.92 Å². The van der Waals surface area contributed by atoms with Crippen molar-refractivity contribution in [1.29, 1.82) is 0 Å². The Balaban J connectivity index is 1.84. The summed E-state index contributed by atoms with van der Waals surface area (Å²) in [5.74, 6) is -1.39. The monoisotopic (exact) mass is 446 g/mol. The second-order valence-electron chi connectivity index (χ2n) is 7.38. The molecule has 2 N–H and O–H groups in total. The Labute approximate surface area is 192 Å². The van der Waals surface area contributed by atoms with Gasteiger partial charge >= 0.3 is 5.97 Å². The molecule has 170 valence electrons. The molecule has 0 atom stereocenters. The van der Waals surface area contributed by atoms with Crippen LogP contribution in [0.5, 0.6) is 0 Å². The maximum absolute atomic E-state index is 12.8. The van der Waals surface area contributed by atoms with Crippen LogP contribution in [0.1, 0.15) is 33.2 Å². The number of carbonyl (C=O) groups excluding carboxylic acids is 3. The van der Waals surface area contributed by atoms with Crippen molar-refractivity contribution in [1.82, 2.24) is 5.32 Å². The highest BCUT2D eigenvalue weighted by molar-refractivity contribution is 6.09. The molecule has 0 saturated carbocycles. The third-order valence-electron chi connectivity index (χ3n) is 5.09. The fourth-order valence-corrected chi connectivity index (χ4v) is 3.33. The second kappa shape index (κ2) is 11.1. The lowest BCUT2D eigenvalue weighted by Gasteiger charge is -2.12. The second-order valence-corrected chi connectivity index (χ2v) is 7.38. The molecule has 0 saturated heterocycles. The van der Waals surface area contributed by atoms with E-state index in [1.165, 1.54) is 31.4 Å². The van der Waals surface area contributed by atoms with Gasteiger partial charge in [-0.1, -0.05) is 36.4 Å². The van der Waals surface area contributed by atoms with E-state index in [9.17, 15) is 14.4 Å². The molecule has 0 bridgehead atoms. The van der Waals surface area contributed by atoms with E-state index in [4.69, 9.17) is 9.47 Å². The molecule has 0 unspecified atom stereocenters. The summed E-state index contributed by atoms with van der Waals surface area (Å²) in [5.41, 5.74) is 2.30. The minimum atomic E-state index is -0.619. The van der Waals surface area contributed by atoms with Crippen molar-refractivity contribution in [2.24, 2.45) is 0 Å². The van der Waals surface area contributed by atoms with Gasteiger partial charge in [-0.2, -0.15) is 0 Å². The van der Waals surface area contributed by atoms with Crippen molar-refractivity contribution in [3.05, 3.63) is 83.4 Å². The van der Waals surface area contributed by atoms with Crippen LogP contribution in [-0.2, 0) is 14.3 Å². The molecule has 3 aromatic rings. The molecule has 0 heterocycles. The number of hydrogen-bond acceptors (Lipinski definition) is 5. The van der Waals surface area contributed by atoms with Crippen LogP contribution in [0.3, 0.4) is 0 Å². The number of nitrogens with one attached hydrogen (secondary N) is 2. The van der Waals surface area contributed by atoms with E-state index in [1.54, 1.807) is 7.11 Å². The van der Waals surface area contributed by atoms with Gasteiger partial charge in [0.25, 0.3) is 5.91 Å². The summed E-state index contributed by atoms with van der Waals surface area (Å²) in [4.78, 5) is 37.3. The van der Waals surface area contributed by atoms with Crippen LogP contribution in [0.4, 0.5) is 5.69 Å². The first kappa shape index (κ1) is 23.7. The number of methoxy groups -OCH3 is 2. The van der Waals surface area contributed by atoms with Crippen LogP contribution in [0.25, 0.3) is 16.3 Å². The Bertz CT molecular complexity index is 1220. The summed E-state index contributed by atoms with van der Waals surface area (Å²) in [6.45, 7) is 2.54. The van der Waals surface area contributed by atoms with Crippen molar-refractivity contribution >= 4 is 39.8 Å². The molecule has 7 nitrogen and oxygen atoms in total. The van der Waals surface area contributed by atoms with Gasteiger partial charge in [0.05, 0.1) is 25.0 Å². The fourth-order valence-electron chi connectivity index (χ4n) is 3.33. The third kappa shape index (κ3) is 6.05. The van der Waals surface area contributed by atoms with Crippen LogP contribution >= 0.6 is 0 Å². The predicted octanol–water partition coefficient (Wildman–Crippen LogP) is 4.04. The summed E-state index contributed by atoms with van der Waals surface area (Å²) < 4.78 is 9.73. The standard InChI is InChI=1S/C26H26N2O5/c1-17(19-9-8-18-6-4-5-7-20(18)15-19)14-24(29)28-23-16-21(25(30)27-12-13-32-2)10-11-22(23)26(31)33-3/h4-11,14-16H,12-13H2,1-3H3,(H,27,30)(H,28,29)/b17-14-. The summed E-state index contributed by atoms with van der Waals surface area (Å²) in [7, 11) is 2.79. The van der Waals surface area contributed by atoms with Gasteiger partial charge < -0.3 is 20.1 Å². The first-order valence-corrected chi connectivity index (χ1v) is 10.4. The van der Waals surface area contributed by atoms with Gasteiger partial charge in [-0.15, -0.1) is 0 Å². The minimum absolute atomic E-state index is 0.149. The molecule has 0 aliphatic carbocycles. The van der Waals surface area contributed by atoms with Crippen LogP contribution in [-0.4, -0.2) is 45.2 Å². The maximum Gasteiger partial charge on any atom is 0.339 e. The number of fused-ring (bicyclic) bond motifs is 1. The molecule has 0 aliphatic rings. The van der Waals surface area contributed by atoms with Crippen LogP contribution < -0.4 is 10.6 Å². The smallest absolute Gasteiger partial charge is 0.339 e. The van der Waals surface area contributed by atoms with Crippen LogP contribution in [0, 0.1) is 0 Å². The van der Waals surface area contributed by atoms with Crippen molar-refractivity contribution in [3.8, 4) is 0 Å². The predicted molar refractivity (Wildman–Crippen MR) is 128 cm³/mol. The number of carbonyl (C=O) groups is 3. The lowest BCUT2D eigenvalue weighted by molar-refractivity contribution is -0.111. The number of esters is 1. The molecule has 0 fully saturated rings. The average molecular weight is 447 g/mol. The molecule has 0 spiro atoms. The zero-order valence-electron chi connectivity index (χ0n) is 18.8. The van der Waals surface area contributed by atoms with E-state index < -0.39 is 11.9 Å². The van der Waals surface area contributed by atoms with Gasteiger partial charge in [0.2, 0.25) is 5.91 Å². The molecule has 3 aromatic carbocycles. The Morgan fingerprint density at radius 2 is 1.64 bits per heavy atom. The number of rotatable bonds is 8. The molecule has 0 aromatic heterocycles. The normalized spacial score (nSPS) is 11.2. The van der Waals surface area contributed by atoms with Crippen molar-refractivity contribution in [3.63, 3.8) is 0 Å². The lowest BCUT2D eigenvalue weighted by Crippen LogP contribution is -2.27. The molecule has 7 heteroatoms.